The lowest BCUT2D eigenvalue weighted by molar-refractivity contribution is -0.128. The van der Waals surface area contributed by atoms with Crippen LogP contribution in [-0.4, -0.2) is 28.9 Å². The Morgan fingerprint density at radius 1 is 1.47 bits per heavy atom. The van der Waals surface area contributed by atoms with Crippen LogP contribution in [0.25, 0.3) is 0 Å². The number of nitrogens with zero attached hydrogens (tertiary/aromatic N) is 1. The molecule has 2 unspecified atom stereocenters. The number of alkyl halides is 1. The monoisotopic (exact) mass is 253 g/mol. The molecule has 17 heavy (non-hydrogen) atoms. The number of carbonyl (C=O) groups is 2. The number of imide groups is 1. The molecule has 2 amide bonds. The summed E-state index contributed by atoms with van der Waals surface area (Å²) in [6.45, 7) is 1.72. The van der Waals surface area contributed by atoms with Crippen molar-refractivity contribution in [3.05, 3.63) is 35.9 Å². The lowest BCUT2D eigenvalue weighted by Gasteiger charge is -2.20. The van der Waals surface area contributed by atoms with Gasteiger partial charge in [-0.2, -0.15) is 0 Å². The molecule has 90 valence electrons. The summed E-state index contributed by atoms with van der Waals surface area (Å²) in [6, 6.07) is 8.91. The lowest BCUT2D eigenvalue weighted by Crippen LogP contribution is -2.38. The number of halogens is 1. The second-order valence-electron chi connectivity index (χ2n) is 3.83. The minimum atomic E-state index is -0.744. The molecule has 0 saturated carbocycles. The first-order chi connectivity index (χ1) is 8.11. The van der Waals surface area contributed by atoms with E-state index in [9.17, 15) is 9.59 Å². The molecule has 1 aliphatic heterocycles. The number of carbonyl (C=O) groups excluding carboxylic acids is 2. The summed E-state index contributed by atoms with van der Waals surface area (Å²) < 4.78 is 4.91. The molecule has 1 aromatic rings. The fourth-order valence-corrected chi connectivity index (χ4v) is 1.88. The molecule has 4 nitrogen and oxygen atoms in total. The van der Waals surface area contributed by atoms with Crippen LogP contribution in [0.1, 0.15) is 18.5 Å². The van der Waals surface area contributed by atoms with Gasteiger partial charge in [-0.25, -0.2) is 9.69 Å². The molecule has 0 radical (unpaired) electrons. The van der Waals surface area contributed by atoms with Crippen LogP contribution in [-0.2, 0) is 9.53 Å². The number of benzene rings is 1. The summed E-state index contributed by atoms with van der Waals surface area (Å²) in [5, 5.41) is -0.744. The van der Waals surface area contributed by atoms with Crippen LogP contribution >= 0.6 is 11.6 Å². The topological polar surface area (TPSA) is 46.6 Å². The van der Waals surface area contributed by atoms with Gasteiger partial charge in [0, 0.05) is 0 Å². The Morgan fingerprint density at radius 3 is 2.71 bits per heavy atom. The highest BCUT2D eigenvalue weighted by Gasteiger charge is 2.40. The van der Waals surface area contributed by atoms with Crippen LogP contribution in [0, 0.1) is 0 Å². The van der Waals surface area contributed by atoms with Gasteiger partial charge in [-0.1, -0.05) is 30.3 Å². The Hall–Kier alpha value is -1.55. The first-order valence-electron chi connectivity index (χ1n) is 5.30. The van der Waals surface area contributed by atoms with E-state index in [2.05, 4.69) is 0 Å². The van der Waals surface area contributed by atoms with Crippen molar-refractivity contribution < 1.29 is 14.3 Å². The summed E-state index contributed by atoms with van der Waals surface area (Å²) in [5.41, 5.74) is 0.865. The van der Waals surface area contributed by atoms with E-state index in [1.165, 1.54) is 6.92 Å². The number of amides is 2. The molecule has 0 aliphatic carbocycles. The average Bonchev–Trinajstić information content (AvgIpc) is 2.71. The van der Waals surface area contributed by atoms with Crippen LogP contribution in [0.15, 0.2) is 30.3 Å². The minimum absolute atomic E-state index is 0.179. The largest absolute Gasteiger partial charge is 0.446 e. The third-order valence-electron chi connectivity index (χ3n) is 2.64. The average molecular weight is 254 g/mol. The fraction of sp³-hybridized carbons (Fsp3) is 0.333. The van der Waals surface area contributed by atoms with Gasteiger partial charge in [0.05, 0.1) is 0 Å². The third kappa shape index (κ3) is 2.26. The van der Waals surface area contributed by atoms with E-state index in [-0.39, 0.29) is 12.6 Å². The summed E-state index contributed by atoms with van der Waals surface area (Å²) in [7, 11) is 0. The maximum atomic E-state index is 11.8. The van der Waals surface area contributed by atoms with Crippen molar-refractivity contribution in [2.75, 3.05) is 6.61 Å². The third-order valence-corrected chi connectivity index (χ3v) is 2.82. The van der Waals surface area contributed by atoms with E-state index >= 15 is 0 Å². The first kappa shape index (κ1) is 11.9. The summed E-state index contributed by atoms with van der Waals surface area (Å²) >= 11 is 5.73. The molecular formula is C12H12ClNO3. The van der Waals surface area contributed by atoms with Crippen molar-refractivity contribution in [2.45, 2.75) is 18.3 Å². The minimum Gasteiger partial charge on any atom is -0.446 e. The second kappa shape index (κ2) is 4.75. The van der Waals surface area contributed by atoms with Crippen LogP contribution in [0.5, 0.6) is 0 Å². The van der Waals surface area contributed by atoms with Gasteiger partial charge in [0.1, 0.15) is 18.0 Å². The zero-order chi connectivity index (χ0) is 12.4. The molecule has 1 aromatic carbocycles. The molecule has 2 atom stereocenters. The number of ether oxygens (including phenoxy) is 1. The quantitative estimate of drug-likeness (QED) is 0.760. The van der Waals surface area contributed by atoms with Gasteiger partial charge in [0.25, 0.3) is 0 Å². The van der Waals surface area contributed by atoms with E-state index in [0.717, 1.165) is 10.5 Å². The van der Waals surface area contributed by atoms with Gasteiger partial charge >= 0.3 is 6.09 Å². The van der Waals surface area contributed by atoms with Gasteiger partial charge in [-0.15, -0.1) is 11.6 Å². The number of hydrogen-bond donors (Lipinski definition) is 0. The second-order valence-corrected chi connectivity index (χ2v) is 4.48. The van der Waals surface area contributed by atoms with Crippen molar-refractivity contribution >= 4 is 23.6 Å². The highest BCUT2D eigenvalue weighted by atomic mass is 35.5. The zero-order valence-corrected chi connectivity index (χ0v) is 10.1. The number of rotatable bonds is 2. The highest BCUT2D eigenvalue weighted by Crippen LogP contribution is 2.28. The van der Waals surface area contributed by atoms with Crippen molar-refractivity contribution in [3.63, 3.8) is 0 Å². The first-order valence-corrected chi connectivity index (χ1v) is 5.73. The van der Waals surface area contributed by atoms with Crippen LogP contribution < -0.4 is 0 Å². The SMILES string of the molecule is CC(Cl)C(=O)N1C(=O)OCC1c1ccccc1. The highest BCUT2D eigenvalue weighted by molar-refractivity contribution is 6.31. The number of cyclic esters (lactones) is 1. The maximum Gasteiger partial charge on any atom is 0.417 e. The fourth-order valence-electron chi connectivity index (χ4n) is 1.78. The molecule has 0 aromatic heterocycles. The van der Waals surface area contributed by atoms with Gasteiger partial charge in [0.15, 0.2) is 0 Å². The van der Waals surface area contributed by atoms with Gasteiger partial charge in [0.2, 0.25) is 5.91 Å². The molecule has 0 bridgehead atoms. The maximum absolute atomic E-state index is 11.8. The Labute approximate surface area is 104 Å². The van der Waals surface area contributed by atoms with Gasteiger partial charge in [-0.3, -0.25) is 4.79 Å². The molecular weight excluding hydrogens is 242 g/mol. The van der Waals surface area contributed by atoms with Crippen molar-refractivity contribution in [2.24, 2.45) is 0 Å². The normalized spacial score (nSPS) is 21.2. The van der Waals surface area contributed by atoms with Crippen LogP contribution in [0.4, 0.5) is 4.79 Å². The smallest absolute Gasteiger partial charge is 0.417 e. The predicted molar refractivity (Wildman–Crippen MR) is 62.7 cm³/mol. The lowest BCUT2D eigenvalue weighted by atomic mass is 10.1. The Kier molecular flexibility index (Phi) is 3.33. The molecule has 1 heterocycles. The summed E-state index contributed by atoms with van der Waals surface area (Å²) in [6.07, 6.45) is -0.628. The van der Waals surface area contributed by atoms with Crippen LogP contribution in [0.3, 0.4) is 0 Å². The van der Waals surface area contributed by atoms with Gasteiger partial charge < -0.3 is 4.74 Å². The predicted octanol–water partition coefficient (Wildman–Crippen LogP) is 2.33. The molecule has 1 aliphatic rings. The summed E-state index contributed by atoms with van der Waals surface area (Å²) in [4.78, 5) is 24.5. The van der Waals surface area contributed by atoms with E-state index in [1.54, 1.807) is 0 Å². The van der Waals surface area contributed by atoms with E-state index in [4.69, 9.17) is 16.3 Å². The Morgan fingerprint density at radius 2 is 2.12 bits per heavy atom. The molecule has 0 spiro atoms. The van der Waals surface area contributed by atoms with Crippen LogP contribution in [0.2, 0.25) is 0 Å². The molecule has 1 fully saturated rings. The standard InChI is InChI=1S/C12H12ClNO3/c1-8(13)11(15)14-10(7-17-12(14)16)9-5-3-2-4-6-9/h2-6,8,10H,7H2,1H3. The Bertz CT molecular complexity index is 433. The zero-order valence-electron chi connectivity index (χ0n) is 9.30. The van der Waals surface area contributed by atoms with Gasteiger partial charge in [-0.05, 0) is 12.5 Å². The van der Waals surface area contributed by atoms with E-state index in [0.29, 0.717) is 0 Å². The Balaban J connectivity index is 2.29. The molecule has 0 N–H and O–H groups in total. The van der Waals surface area contributed by atoms with E-state index < -0.39 is 17.4 Å². The number of hydrogen-bond acceptors (Lipinski definition) is 3. The van der Waals surface area contributed by atoms with Crippen molar-refractivity contribution in [3.8, 4) is 0 Å². The molecule has 1 saturated heterocycles. The van der Waals surface area contributed by atoms with E-state index in [1.807, 2.05) is 30.3 Å². The molecule has 2 rings (SSSR count). The van der Waals surface area contributed by atoms with Crippen molar-refractivity contribution in [1.29, 1.82) is 0 Å². The summed E-state index contributed by atoms with van der Waals surface area (Å²) in [5.74, 6) is -0.428. The molecule has 5 heteroatoms. The van der Waals surface area contributed by atoms with Crippen molar-refractivity contribution in [1.82, 2.24) is 4.90 Å².